The predicted octanol–water partition coefficient (Wildman–Crippen LogP) is 5.25. The Morgan fingerprint density at radius 1 is 1.06 bits per heavy atom. The Kier molecular flexibility index (Phi) is 8.08. The molecule has 0 aliphatic rings. The zero-order valence-electron chi connectivity index (χ0n) is 17.5. The van der Waals surface area contributed by atoms with Crippen LogP contribution < -0.4 is 14.8 Å². The molecule has 7 nitrogen and oxygen atoms in total. The van der Waals surface area contributed by atoms with Gasteiger partial charge in [-0.2, -0.15) is 0 Å². The molecule has 2 N–H and O–H groups in total. The third-order valence-electron chi connectivity index (χ3n) is 4.51. The van der Waals surface area contributed by atoms with E-state index in [-0.39, 0.29) is 16.7 Å². The standard InChI is InChI=1S/C23H24ClN3O4S/c1-2-3-4-14-25-22(28)21-9-6-15-26-23(21)31-19-8-5-7-18(16-19)27-32(29,30)20-12-10-17(24)11-13-20/h5-13,15-16,27H,2-4,14H2,1H3,(H,25,28). The first kappa shape index (κ1) is 23.6. The molecule has 32 heavy (non-hydrogen) atoms. The smallest absolute Gasteiger partial charge is 0.261 e. The first-order valence-corrected chi connectivity index (χ1v) is 12.0. The van der Waals surface area contributed by atoms with Gasteiger partial charge in [0.05, 0.1) is 10.6 Å². The monoisotopic (exact) mass is 473 g/mol. The second kappa shape index (κ2) is 11.0. The average Bonchev–Trinajstić information content (AvgIpc) is 2.77. The van der Waals surface area contributed by atoms with Crippen molar-refractivity contribution in [3.05, 3.63) is 77.4 Å². The summed E-state index contributed by atoms with van der Waals surface area (Å²) in [6.45, 7) is 2.67. The summed E-state index contributed by atoms with van der Waals surface area (Å²) >= 11 is 5.83. The van der Waals surface area contributed by atoms with Crippen molar-refractivity contribution in [2.45, 2.75) is 31.1 Å². The summed E-state index contributed by atoms with van der Waals surface area (Å²) < 4.78 is 33.5. The van der Waals surface area contributed by atoms with Crippen LogP contribution in [0.25, 0.3) is 0 Å². The third kappa shape index (κ3) is 6.45. The first-order chi connectivity index (χ1) is 15.4. The fourth-order valence-corrected chi connectivity index (χ4v) is 4.06. The maximum absolute atomic E-state index is 12.6. The normalized spacial score (nSPS) is 11.1. The van der Waals surface area contributed by atoms with Crippen molar-refractivity contribution in [1.82, 2.24) is 10.3 Å². The maximum atomic E-state index is 12.6. The number of benzene rings is 2. The summed E-state index contributed by atoms with van der Waals surface area (Å²) in [4.78, 5) is 16.8. The molecule has 9 heteroatoms. The van der Waals surface area contributed by atoms with Gasteiger partial charge in [-0.1, -0.05) is 37.4 Å². The van der Waals surface area contributed by atoms with Crippen LogP contribution in [-0.4, -0.2) is 25.9 Å². The number of amides is 1. The largest absolute Gasteiger partial charge is 0.438 e. The molecule has 0 aliphatic heterocycles. The van der Waals surface area contributed by atoms with Gasteiger partial charge in [-0.15, -0.1) is 0 Å². The van der Waals surface area contributed by atoms with E-state index >= 15 is 0 Å². The Bertz CT molecular complexity index is 1170. The molecule has 1 aromatic heterocycles. The third-order valence-corrected chi connectivity index (χ3v) is 6.16. The van der Waals surface area contributed by atoms with E-state index in [1.54, 1.807) is 30.3 Å². The molecule has 0 spiro atoms. The molecule has 0 saturated carbocycles. The molecule has 168 valence electrons. The zero-order valence-corrected chi connectivity index (χ0v) is 19.1. The molecule has 0 bridgehead atoms. The number of carbonyl (C=O) groups is 1. The van der Waals surface area contributed by atoms with E-state index in [9.17, 15) is 13.2 Å². The molecular formula is C23H24ClN3O4S. The molecule has 3 aromatic rings. The second-order valence-electron chi connectivity index (χ2n) is 7.01. The highest BCUT2D eigenvalue weighted by atomic mass is 35.5. The minimum absolute atomic E-state index is 0.0833. The van der Waals surface area contributed by atoms with E-state index < -0.39 is 10.0 Å². The fraction of sp³-hybridized carbons (Fsp3) is 0.217. The molecule has 0 unspecified atom stereocenters. The Labute approximate surface area is 192 Å². The Morgan fingerprint density at radius 3 is 2.59 bits per heavy atom. The van der Waals surface area contributed by atoms with Gasteiger partial charge in [0.15, 0.2) is 0 Å². The van der Waals surface area contributed by atoms with Crippen molar-refractivity contribution in [1.29, 1.82) is 0 Å². The number of nitrogens with one attached hydrogen (secondary N) is 2. The van der Waals surface area contributed by atoms with E-state index in [1.807, 2.05) is 0 Å². The maximum Gasteiger partial charge on any atom is 0.261 e. The van der Waals surface area contributed by atoms with Gasteiger partial charge in [0.25, 0.3) is 15.9 Å². The lowest BCUT2D eigenvalue weighted by Crippen LogP contribution is -2.25. The van der Waals surface area contributed by atoms with Crippen LogP contribution in [0.3, 0.4) is 0 Å². The number of sulfonamides is 1. The molecule has 2 aromatic carbocycles. The predicted molar refractivity (Wildman–Crippen MR) is 125 cm³/mol. The number of hydrogen-bond donors (Lipinski definition) is 2. The summed E-state index contributed by atoms with van der Waals surface area (Å²) in [5, 5.41) is 3.31. The van der Waals surface area contributed by atoms with Crippen LogP contribution in [-0.2, 0) is 10.0 Å². The van der Waals surface area contributed by atoms with Crippen LogP contribution in [0.4, 0.5) is 5.69 Å². The number of unbranched alkanes of at least 4 members (excludes halogenated alkanes) is 2. The van der Waals surface area contributed by atoms with Crippen molar-refractivity contribution >= 4 is 33.2 Å². The minimum Gasteiger partial charge on any atom is -0.438 e. The summed E-state index contributed by atoms with van der Waals surface area (Å²) in [6.07, 6.45) is 4.52. The van der Waals surface area contributed by atoms with Crippen molar-refractivity contribution in [2.75, 3.05) is 11.3 Å². The van der Waals surface area contributed by atoms with E-state index in [1.165, 1.54) is 36.5 Å². The lowest BCUT2D eigenvalue weighted by atomic mass is 10.2. The molecule has 0 atom stereocenters. The number of pyridine rings is 1. The molecule has 3 rings (SSSR count). The summed E-state index contributed by atoms with van der Waals surface area (Å²) in [5.74, 6) is 0.196. The van der Waals surface area contributed by atoms with Crippen LogP contribution in [0.1, 0.15) is 36.5 Å². The SMILES string of the molecule is CCCCCNC(=O)c1cccnc1Oc1cccc(NS(=O)(=O)c2ccc(Cl)cc2)c1. The molecule has 1 heterocycles. The average molecular weight is 474 g/mol. The van der Waals surface area contributed by atoms with Gasteiger partial charge in [0.2, 0.25) is 5.88 Å². The van der Waals surface area contributed by atoms with Crippen molar-refractivity contribution in [3.8, 4) is 11.6 Å². The van der Waals surface area contributed by atoms with Crippen LogP contribution in [0.2, 0.25) is 5.02 Å². The van der Waals surface area contributed by atoms with E-state index in [2.05, 4.69) is 21.9 Å². The van der Waals surface area contributed by atoms with Crippen molar-refractivity contribution < 1.29 is 17.9 Å². The number of nitrogens with zero attached hydrogens (tertiary/aromatic N) is 1. The minimum atomic E-state index is -3.80. The van der Waals surface area contributed by atoms with Gasteiger partial charge in [0, 0.05) is 23.8 Å². The quantitative estimate of drug-likeness (QED) is 0.392. The highest BCUT2D eigenvalue weighted by Gasteiger charge is 2.16. The lowest BCUT2D eigenvalue weighted by Gasteiger charge is -2.12. The van der Waals surface area contributed by atoms with E-state index in [4.69, 9.17) is 16.3 Å². The zero-order chi connectivity index (χ0) is 23.0. The molecule has 1 amide bonds. The summed E-state index contributed by atoms with van der Waals surface area (Å²) in [5.41, 5.74) is 0.607. The van der Waals surface area contributed by atoms with Gasteiger partial charge in [-0.05, 0) is 55.0 Å². The van der Waals surface area contributed by atoms with E-state index in [0.717, 1.165) is 19.3 Å². The number of halogens is 1. The van der Waals surface area contributed by atoms with E-state index in [0.29, 0.717) is 28.6 Å². The summed E-state index contributed by atoms with van der Waals surface area (Å²) in [6, 6.07) is 15.5. The number of anilines is 1. The van der Waals surface area contributed by atoms with Crippen LogP contribution in [0.5, 0.6) is 11.6 Å². The van der Waals surface area contributed by atoms with Gasteiger partial charge in [0.1, 0.15) is 11.3 Å². The highest BCUT2D eigenvalue weighted by molar-refractivity contribution is 7.92. The number of carbonyl (C=O) groups excluding carboxylic acids is 1. The second-order valence-corrected chi connectivity index (χ2v) is 9.13. The number of rotatable bonds is 10. The van der Waals surface area contributed by atoms with Crippen molar-refractivity contribution in [3.63, 3.8) is 0 Å². The molecule has 0 radical (unpaired) electrons. The highest BCUT2D eigenvalue weighted by Crippen LogP contribution is 2.27. The Morgan fingerprint density at radius 2 is 1.84 bits per heavy atom. The number of ether oxygens (including phenoxy) is 1. The molecule has 0 fully saturated rings. The topological polar surface area (TPSA) is 97.4 Å². The van der Waals surface area contributed by atoms with Gasteiger partial charge in [-0.25, -0.2) is 13.4 Å². The molecule has 0 aliphatic carbocycles. The van der Waals surface area contributed by atoms with Gasteiger partial charge < -0.3 is 10.1 Å². The van der Waals surface area contributed by atoms with Crippen LogP contribution >= 0.6 is 11.6 Å². The van der Waals surface area contributed by atoms with Crippen LogP contribution in [0.15, 0.2) is 71.8 Å². The van der Waals surface area contributed by atoms with Crippen molar-refractivity contribution in [2.24, 2.45) is 0 Å². The Balaban J connectivity index is 1.74. The lowest BCUT2D eigenvalue weighted by molar-refractivity contribution is 0.0950. The Hall–Kier alpha value is -3.10. The first-order valence-electron chi connectivity index (χ1n) is 10.2. The van der Waals surface area contributed by atoms with Crippen LogP contribution in [0, 0.1) is 0 Å². The van der Waals surface area contributed by atoms with Gasteiger partial charge in [-0.3, -0.25) is 9.52 Å². The number of hydrogen-bond acceptors (Lipinski definition) is 5. The van der Waals surface area contributed by atoms with Gasteiger partial charge >= 0.3 is 0 Å². The fourth-order valence-electron chi connectivity index (χ4n) is 2.88. The molecular weight excluding hydrogens is 450 g/mol. The summed E-state index contributed by atoms with van der Waals surface area (Å²) in [7, 11) is -3.80. The molecule has 0 saturated heterocycles. The number of aromatic nitrogens is 1.